The Morgan fingerprint density at radius 1 is 1.04 bits per heavy atom. The molecule has 1 aromatic carbocycles. The molecule has 132 valence electrons. The van der Waals surface area contributed by atoms with E-state index in [1.165, 1.54) is 0 Å². The van der Waals surface area contributed by atoms with Gasteiger partial charge in [0, 0.05) is 12.1 Å². The first-order valence-electron chi connectivity index (χ1n) is 8.21. The van der Waals surface area contributed by atoms with E-state index in [4.69, 9.17) is 0 Å². The first kappa shape index (κ1) is 19.7. The highest BCUT2D eigenvalue weighted by Gasteiger charge is 2.27. The van der Waals surface area contributed by atoms with E-state index in [1.807, 2.05) is 33.8 Å². The van der Waals surface area contributed by atoms with Crippen molar-refractivity contribution in [1.29, 1.82) is 0 Å². The zero-order valence-electron chi connectivity index (χ0n) is 15.0. The lowest BCUT2D eigenvalue weighted by molar-refractivity contribution is -0.130. The van der Waals surface area contributed by atoms with Crippen LogP contribution in [-0.2, 0) is 9.59 Å². The van der Waals surface area contributed by atoms with E-state index < -0.39 is 12.1 Å². The topological polar surface area (TPSA) is 87.3 Å². The first-order valence-corrected chi connectivity index (χ1v) is 8.21. The van der Waals surface area contributed by atoms with Crippen molar-refractivity contribution in [2.75, 3.05) is 6.54 Å². The Morgan fingerprint density at radius 3 is 2.25 bits per heavy atom. The zero-order chi connectivity index (χ0) is 18.3. The van der Waals surface area contributed by atoms with Crippen LogP contribution in [0.2, 0.25) is 0 Å². The van der Waals surface area contributed by atoms with Crippen molar-refractivity contribution in [2.45, 2.75) is 46.7 Å². The molecular formula is C18H27N3O3. The van der Waals surface area contributed by atoms with Crippen LogP contribution in [0.15, 0.2) is 24.3 Å². The van der Waals surface area contributed by atoms with E-state index in [-0.39, 0.29) is 23.6 Å². The minimum atomic E-state index is -0.713. The van der Waals surface area contributed by atoms with E-state index in [2.05, 4.69) is 16.0 Å². The quantitative estimate of drug-likeness (QED) is 0.705. The molecule has 0 aliphatic rings. The fourth-order valence-electron chi connectivity index (χ4n) is 2.24. The Balaban J connectivity index is 2.77. The third-order valence-electron chi connectivity index (χ3n) is 3.62. The van der Waals surface area contributed by atoms with Crippen molar-refractivity contribution in [3.63, 3.8) is 0 Å². The number of aryl methyl sites for hydroxylation is 1. The van der Waals surface area contributed by atoms with Crippen molar-refractivity contribution < 1.29 is 14.4 Å². The Kier molecular flexibility index (Phi) is 7.42. The van der Waals surface area contributed by atoms with Crippen LogP contribution in [0.25, 0.3) is 0 Å². The van der Waals surface area contributed by atoms with Gasteiger partial charge in [-0.15, -0.1) is 0 Å². The molecule has 24 heavy (non-hydrogen) atoms. The van der Waals surface area contributed by atoms with Crippen LogP contribution in [0.5, 0.6) is 0 Å². The van der Waals surface area contributed by atoms with E-state index in [0.717, 1.165) is 5.56 Å². The fourth-order valence-corrected chi connectivity index (χ4v) is 2.24. The average Bonchev–Trinajstić information content (AvgIpc) is 2.51. The van der Waals surface area contributed by atoms with Gasteiger partial charge in [0.15, 0.2) is 0 Å². The molecule has 1 aromatic rings. The van der Waals surface area contributed by atoms with E-state index in [9.17, 15) is 14.4 Å². The van der Waals surface area contributed by atoms with Gasteiger partial charge in [0.05, 0.1) is 0 Å². The number of hydrogen-bond donors (Lipinski definition) is 3. The van der Waals surface area contributed by atoms with E-state index in [1.54, 1.807) is 25.1 Å². The Labute approximate surface area is 143 Å². The van der Waals surface area contributed by atoms with Gasteiger partial charge in [0.2, 0.25) is 11.8 Å². The normalized spacial score (nSPS) is 13.1. The number of likely N-dealkylation sites (N-methyl/N-ethyl adjacent to an activating group) is 1. The summed E-state index contributed by atoms with van der Waals surface area (Å²) < 4.78 is 0. The van der Waals surface area contributed by atoms with Gasteiger partial charge in [-0.3, -0.25) is 14.4 Å². The predicted octanol–water partition coefficient (Wildman–Crippen LogP) is 1.39. The van der Waals surface area contributed by atoms with Crippen molar-refractivity contribution in [3.05, 3.63) is 35.4 Å². The first-order chi connectivity index (χ1) is 11.3. The van der Waals surface area contributed by atoms with Gasteiger partial charge in [-0.05, 0) is 38.8 Å². The van der Waals surface area contributed by atoms with Gasteiger partial charge >= 0.3 is 0 Å². The molecule has 3 N–H and O–H groups in total. The lowest BCUT2D eigenvalue weighted by Crippen LogP contribution is -2.54. The van der Waals surface area contributed by atoms with Crippen LogP contribution in [0.4, 0.5) is 0 Å². The van der Waals surface area contributed by atoms with Crippen LogP contribution in [0, 0.1) is 12.8 Å². The lowest BCUT2D eigenvalue weighted by atomic mass is 10.0. The number of rotatable bonds is 7. The Bertz CT molecular complexity index is 599. The minimum absolute atomic E-state index is 0.111. The molecule has 6 heteroatoms. The third kappa shape index (κ3) is 5.68. The maximum atomic E-state index is 12.4. The molecule has 0 radical (unpaired) electrons. The third-order valence-corrected chi connectivity index (χ3v) is 3.62. The zero-order valence-corrected chi connectivity index (χ0v) is 15.0. The van der Waals surface area contributed by atoms with Crippen LogP contribution >= 0.6 is 0 Å². The van der Waals surface area contributed by atoms with Gasteiger partial charge in [-0.2, -0.15) is 0 Å². The van der Waals surface area contributed by atoms with Gasteiger partial charge < -0.3 is 16.0 Å². The van der Waals surface area contributed by atoms with Crippen LogP contribution < -0.4 is 16.0 Å². The number of nitrogens with one attached hydrogen (secondary N) is 3. The molecule has 1 rings (SSSR count). The van der Waals surface area contributed by atoms with Crippen LogP contribution in [-0.4, -0.2) is 36.3 Å². The highest BCUT2D eigenvalue weighted by atomic mass is 16.2. The van der Waals surface area contributed by atoms with Gasteiger partial charge in [-0.1, -0.05) is 31.5 Å². The smallest absolute Gasteiger partial charge is 0.251 e. The predicted molar refractivity (Wildman–Crippen MR) is 93.6 cm³/mol. The van der Waals surface area contributed by atoms with Crippen LogP contribution in [0.3, 0.4) is 0 Å². The summed E-state index contributed by atoms with van der Waals surface area (Å²) in [5, 5.41) is 8.05. The Morgan fingerprint density at radius 2 is 1.71 bits per heavy atom. The number of amides is 3. The van der Waals surface area contributed by atoms with Gasteiger partial charge in [-0.25, -0.2) is 0 Å². The number of benzene rings is 1. The number of carbonyl (C=O) groups excluding carboxylic acids is 3. The SMILES string of the molecule is CCNC(=O)[C@@H](C)NC(=O)[C@@H](NC(=O)c1cccc(C)c1)C(C)C. The molecule has 0 saturated heterocycles. The second-order valence-electron chi connectivity index (χ2n) is 6.19. The van der Waals surface area contributed by atoms with Crippen molar-refractivity contribution >= 4 is 17.7 Å². The molecule has 0 aliphatic carbocycles. The molecule has 0 unspecified atom stereocenters. The highest BCUT2D eigenvalue weighted by Crippen LogP contribution is 2.07. The summed E-state index contributed by atoms with van der Waals surface area (Å²) in [6, 6.07) is 5.80. The molecule has 2 atom stereocenters. The van der Waals surface area contributed by atoms with E-state index in [0.29, 0.717) is 12.1 Å². The molecule has 0 heterocycles. The second-order valence-corrected chi connectivity index (χ2v) is 6.19. The average molecular weight is 333 g/mol. The molecule has 0 fully saturated rings. The molecule has 6 nitrogen and oxygen atoms in total. The standard InChI is InChI=1S/C18H27N3O3/c1-6-19-16(22)13(5)20-18(24)15(11(2)3)21-17(23)14-9-7-8-12(4)10-14/h7-11,13,15H,6H2,1-5H3,(H,19,22)(H,20,24)(H,21,23)/t13-,15+/m1/s1. The van der Waals surface area contributed by atoms with Crippen molar-refractivity contribution in [2.24, 2.45) is 5.92 Å². The molecule has 0 aliphatic heterocycles. The van der Waals surface area contributed by atoms with E-state index >= 15 is 0 Å². The number of hydrogen-bond acceptors (Lipinski definition) is 3. The maximum Gasteiger partial charge on any atom is 0.251 e. The monoisotopic (exact) mass is 333 g/mol. The Hall–Kier alpha value is -2.37. The van der Waals surface area contributed by atoms with Crippen molar-refractivity contribution in [1.82, 2.24) is 16.0 Å². The molecule has 0 saturated carbocycles. The summed E-state index contributed by atoms with van der Waals surface area (Å²) in [5.74, 6) is -1.04. The summed E-state index contributed by atoms with van der Waals surface area (Å²) in [6.45, 7) is 9.51. The highest BCUT2D eigenvalue weighted by molar-refractivity contribution is 5.98. The molecule has 0 spiro atoms. The van der Waals surface area contributed by atoms with Crippen molar-refractivity contribution in [3.8, 4) is 0 Å². The molecule has 0 bridgehead atoms. The minimum Gasteiger partial charge on any atom is -0.355 e. The molecule has 0 aromatic heterocycles. The molecule has 3 amide bonds. The summed E-state index contributed by atoms with van der Waals surface area (Å²) in [5.41, 5.74) is 1.48. The summed E-state index contributed by atoms with van der Waals surface area (Å²) in [4.78, 5) is 36.5. The summed E-state index contributed by atoms with van der Waals surface area (Å²) >= 11 is 0. The second kappa shape index (κ2) is 9.05. The summed E-state index contributed by atoms with van der Waals surface area (Å²) in [6.07, 6.45) is 0. The van der Waals surface area contributed by atoms with Crippen LogP contribution in [0.1, 0.15) is 43.6 Å². The summed E-state index contributed by atoms with van der Waals surface area (Å²) in [7, 11) is 0. The van der Waals surface area contributed by atoms with Gasteiger partial charge in [0.25, 0.3) is 5.91 Å². The lowest BCUT2D eigenvalue weighted by Gasteiger charge is -2.23. The molecular weight excluding hydrogens is 306 g/mol. The number of carbonyl (C=O) groups is 3. The van der Waals surface area contributed by atoms with Gasteiger partial charge in [0.1, 0.15) is 12.1 Å². The largest absolute Gasteiger partial charge is 0.355 e. The fraction of sp³-hybridized carbons (Fsp3) is 0.500. The maximum absolute atomic E-state index is 12.4.